The average Bonchev–Trinajstić information content (AvgIpc) is 2.90. The maximum Gasteiger partial charge on any atom is 0.371 e. The molecule has 0 atom stereocenters. The zero-order chi connectivity index (χ0) is 15.4. The van der Waals surface area contributed by atoms with Gasteiger partial charge >= 0.3 is 5.97 Å². The third-order valence-corrected chi connectivity index (χ3v) is 3.66. The van der Waals surface area contributed by atoms with Crippen LogP contribution in [0, 0.1) is 6.92 Å². The molecule has 1 aromatic carbocycles. The van der Waals surface area contributed by atoms with Gasteiger partial charge in [0.15, 0.2) is 5.01 Å². The van der Waals surface area contributed by atoms with E-state index >= 15 is 0 Å². The van der Waals surface area contributed by atoms with Crippen molar-refractivity contribution in [1.29, 1.82) is 0 Å². The van der Waals surface area contributed by atoms with E-state index in [0.29, 0.717) is 12.5 Å². The van der Waals surface area contributed by atoms with Crippen LogP contribution < -0.4 is 0 Å². The molecule has 0 spiro atoms. The number of ketones is 1. The van der Waals surface area contributed by atoms with Crippen molar-refractivity contribution >= 4 is 23.1 Å². The molecule has 0 radical (unpaired) electrons. The number of aryl methyl sites for hydroxylation is 1. The third-order valence-electron chi connectivity index (χ3n) is 2.76. The van der Waals surface area contributed by atoms with E-state index in [1.165, 1.54) is 5.56 Å². The van der Waals surface area contributed by atoms with Crippen molar-refractivity contribution in [1.82, 2.24) is 4.98 Å². The molecule has 0 aliphatic heterocycles. The molecule has 0 amide bonds. The van der Waals surface area contributed by atoms with Gasteiger partial charge < -0.3 is 10.2 Å². The van der Waals surface area contributed by atoms with E-state index < -0.39 is 17.5 Å². The van der Waals surface area contributed by atoms with Gasteiger partial charge in [-0.2, -0.15) is 0 Å². The first-order valence-electron chi connectivity index (χ1n) is 6.14. The summed E-state index contributed by atoms with van der Waals surface area (Å²) >= 11 is 1.12. The summed E-state index contributed by atoms with van der Waals surface area (Å²) in [6.07, 6.45) is 1.26. The Labute approximate surface area is 125 Å². The second kappa shape index (κ2) is 6.32. The topological polar surface area (TPSA) is 87.5 Å². The number of rotatable bonds is 5. The van der Waals surface area contributed by atoms with Gasteiger partial charge in [-0.15, -0.1) is 11.3 Å². The molecule has 2 rings (SSSR count). The van der Waals surface area contributed by atoms with Crippen LogP contribution in [0.3, 0.4) is 0 Å². The van der Waals surface area contributed by atoms with Gasteiger partial charge in [-0.1, -0.05) is 29.8 Å². The lowest BCUT2D eigenvalue weighted by atomic mass is 10.1. The molecule has 0 aliphatic rings. The molecule has 2 aromatic rings. The van der Waals surface area contributed by atoms with Gasteiger partial charge in [0.25, 0.3) is 0 Å². The van der Waals surface area contributed by atoms with Crippen LogP contribution in [0.15, 0.2) is 41.5 Å². The van der Waals surface area contributed by atoms with E-state index in [0.717, 1.165) is 22.6 Å². The average molecular weight is 303 g/mol. The molecular weight excluding hydrogens is 290 g/mol. The summed E-state index contributed by atoms with van der Waals surface area (Å²) in [6, 6.07) is 7.99. The zero-order valence-electron chi connectivity index (χ0n) is 11.2. The van der Waals surface area contributed by atoms with Gasteiger partial charge in [-0.3, -0.25) is 4.79 Å². The number of carbonyl (C=O) groups is 2. The smallest absolute Gasteiger partial charge is 0.371 e. The summed E-state index contributed by atoms with van der Waals surface area (Å²) in [5, 5.41) is 19.5. The number of nitrogens with zero attached hydrogens (tertiary/aromatic N) is 1. The van der Waals surface area contributed by atoms with Gasteiger partial charge in [-0.05, 0) is 12.5 Å². The van der Waals surface area contributed by atoms with Crippen LogP contribution in [0.25, 0.3) is 0 Å². The highest BCUT2D eigenvalue weighted by Crippen LogP contribution is 2.15. The predicted molar refractivity (Wildman–Crippen MR) is 78.8 cm³/mol. The molecule has 2 N–H and O–H groups in total. The molecular formula is C15H13NO4S. The van der Waals surface area contributed by atoms with Crippen LogP contribution in [-0.2, 0) is 11.2 Å². The monoisotopic (exact) mass is 303 g/mol. The number of aromatic nitrogens is 1. The van der Waals surface area contributed by atoms with E-state index in [1.807, 2.05) is 31.2 Å². The van der Waals surface area contributed by atoms with Gasteiger partial charge in [0.05, 0.1) is 5.69 Å². The highest BCUT2D eigenvalue weighted by molar-refractivity contribution is 7.11. The fraction of sp³-hybridized carbons (Fsp3) is 0.133. The van der Waals surface area contributed by atoms with Gasteiger partial charge in [0, 0.05) is 17.9 Å². The first kappa shape index (κ1) is 14.9. The Bertz CT molecular complexity index is 701. The molecule has 0 bridgehead atoms. The van der Waals surface area contributed by atoms with E-state index in [2.05, 4.69) is 4.98 Å². The Hall–Kier alpha value is -2.47. The molecule has 0 saturated heterocycles. The van der Waals surface area contributed by atoms with Crippen molar-refractivity contribution in [2.75, 3.05) is 0 Å². The highest BCUT2D eigenvalue weighted by Gasteiger charge is 2.13. The van der Waals surface area contributed by atoms with Crippen molar-refractivity contribution in [3.05, 3.63) is 63.3 Å². The fourth-order valence-electron chi connectivity index (χ4n) is 1.66. The van der Waals surface area contributed by atoms with Crippen LogP contribution in [0.4, 0.5) is 0 Å². The Kier molecular flexibility index (Phi) is 4.49. The van der Waals surface area contributed by atoms with E-state index in [1.54, 1.807) is 5.38 Å². The summed E-state index contributed by atoms with van der Waals surface area (Å²) < 4.78 is 0. The molecule has 1 heterocycles. The number of aliphatic carboxylic acids is 1. The second-order valence-electron chi connectivity index (χ2n) is 4.51. The molecule has 6 heteroatoms. The number of carbonyl (C=O) groups excluding carboxylic acids is 1. The molecule has 0 fully saturated rings. The summed E-state index contributed by atoms with van der Waals surface area (Å²) in [7, 11) is 0. The second-order valence-corrected chi connectivity index (χ2v) is 5.36. The van der Waals surface area contributed by atoms with E-state index in [4.69, 9.17) is 10.2 Å². The number of aliphatic hydroxyl groups excluding tert-OH is 1. The van der Waals surface area contributed by atoms with Crippen molar-refractivity contribution in [2.24, 2.45) is 0 Å². The number of carboxylic acid groups (broad SMARTS) is 1. The number of aliphatic hydroxyl groups is 1. The molecule has 108 valence electrons. The number of carboxylic acids is 1. The fourth-order valence-corrected chi connectivity index (χ4v) is 2.39. The Morgan fingerprint density at radius 3 is 2.52 bits per heavy atom. The lowest BCUT2D eigenvalue weighted by molar-refractivity contribution is -0.135. The number of thiazole rings is 1. The Morgan fingerprint density at radius 2 is 1.90 bits per heavy atom. The molecule has 21 heavy (non-hydrogen) atoms. The van der Waals surface area contributed by atoms with Crippen LogP contribution in [-0.4, -0.2) is 26.9 Å². The number of hydrogen-bond donors (Lipinski definition) is 2. The zero-order valence-corrected chi connectivity index (χ0v) is 12.1. The van der Waals surface area contributed by atoms with Crippen LogP contribution in [0.5, 0.6) is 0 Å². The largest absolute Gasteiger partial charge is 0.502 e. The van der Waals surface area contributed by atoms with Crippen molar-refractivity contribution in [3.8, 4) is 0 Å². The lowest BCUT2D eigenvalue weighted by Crippen LogP contribution is -2.04. The molecule has 0 aliphatic carbocycles. The first-order chi connectivity index (χ1) is 9.95. The molecule has 5 nitrogen and oxygen atoms in total. The number of hydrogen-bond acceptors (Lipinski definition) is 5. The molecule has 1 aromatic heterocycles. The first-order valence-corrected chi connectivity index (χ1v) is 7.02. The SMILES string of the molecule is Cc1ccc(Cc2csc(C(=O)/C=C(\O)C(=O)O)n2)cc1. The van der Waals surface area contributed by atoms with Gasteiger partial charge in [0.1, 0.15) is 0 Å². The van der Waals surface area contributed by atoms with Crippen LogP contribution in [0.2, 0.25) is 0 Å². The molecule has 0 unspecified atom stereocenters. The Morgan fingerprint density at radius 1 is 1.24 bits per heavy atom. The summed E-state index contributed by atoms with van der Waals surface area (Å²) in [5.74, 6) is -3.15. The van der Waals surface area contributed by atoms with E-state index in [9.17, 15) is 9.59 Å². The third kappa shape index (κ3) is 4.00. The normalized spacial score (nSPS) is 11.4. The Balaban J connectivity index is 2.11. The minimum absolute atomic E-state index is 0.157. The lowest BCUT2D eigenvalue weighted by Gasteiger charge is -1.98. The van der Waals surface area contributed by atoms with Crippen molar-refractivity contribution in [3.63, 3.8) is 0 Å². The van der Waals surface area contributed by atoms with Crippen LogP contribution >= 0.6 is 11.3 Å². The van der Waals surface area contributed by atoms with E-state index in [-0.39, 0.29) is 5.01 Å². The summed E-state index contributed by atoms with van der Waals surface area (Å²) in [4.78, 5) is 26.3. The van der Waals surface area contributed by atoms with Gasteiger partial charge in [0.2, 0.25) is 11.5 Å². The highest BCUT2D eigenvalue weighted by atomic mass is 32.1. The molecule has 0 saturated carbocycles. The van der Waals surface area contributed by atoms with Crippen molar-refractivity contribution in [2.45, 2.75) is 13.3 Å². The summed E-state index contributed by atoms with van der Waals surface area (Å²) in [6.45, 7) is 2.00. The van der Waals surface area contributed by atoms with Gasteiger partial charge in [-0.25, -0.2) is 9.78 Å². The number of allylic oxidation sites excluding steroid dienone is 1. The standard InChI is InChI=1S/C15H13NO4S/c1-9-2-4-10(5-3-9)6-11-8-21-14(16-11)12(17)7-13(18)15(19)20/h2-5,7-8,18H,6H2,1H3,(H,19,20)/b13-7-. The van der Waals surface area contributed by atoms with Crippen molar-refractivity contribution < 1.29 is 19.8 Å². The summed E-state index contributed by atoms with van der Waals surface area (Å²) in [5.41, 5.74) is 2.98. The minimum Gasteiger partial charge on any atom is -0.502 e. The predicted octanol–water partition coefficient (Wildman–Crippen LogP) is 2.75. The van der Waals surface area contributed by atoms with Crippen LogP contribution in [0.1, 0.15) is 26.6 Å². The maximum absolute atomic E-state index is 11.7. The number of benzene rings is 1. The quantitative estimate of drug-likeness (QED) is 0.504. The minimum atomic E-state index is -1.54. The maximum atomic E-state index is 11.7.